The predicted octanol–water partition coefficient (Wildman–Crippen LogP) is 2.72. The molecule has 2 heterocycles. The number of sulfonamides is 1. The zero-order valence-electron chi connectivity index (χ0n) is 13.1. The van der Waals surface area contributed by atoms with Crippen LogP contribution >= 0.6 is 11.3 Å². The maximum absolute atomic E-state index is 11.3. The average Bonchev–Trinajstić information content (AvgIpc) is 3.07. The highest BCUT2D eigenvalue weighted by atomic mass is 32.2. The average molecular weight is 360 g/mol. The van der Waals surface area contributed by atoms with Crippen LogP contribution in [0.3, 0.4) is 0 Å². The molecule has 7 heteroatoms. The van der Waals surface area contributed by atoms with Crippen LogP contribution in [0.1, 0.15) is 22.0 Å². The molecule has 3 rings (SSSR count). The van der Waals surface area contributed by atoms with Crippen molar-refractivity contribution in [2.24, 2.45) is 5.14 Å². The van der Waals surface area contributed by atoms with E-state index in [0.717, 1.165) is 5.56 Å². The molecule has 0 aliphatic heterocycles. The Balaban J connectivity index is 1.91. The van der Waals surface area contributed by atoms with Crippen LogP contribution in [0, 0.1) is 6.92 Å². The van der Waals surface area contributed by atoms with Crippen molar-refractivity contribution in [3.8, 4) is 0 Å². The third-order valence-corrected chi connectivity index (χ3v) is 5.50. The number of aryl methyl sites for hydroxylation is 1. The molecule has 4 N–H and O–H groups in total. The van der Waals surface area contributed by atoms with Crippen molar-refractivity contribution < 1.29 is 13.4 Å². The Hall–Kier alpha value is -2.22. The molecule has 0 bridgehead atoms. The Morgan fingerprint density at radius 3 is 2.42 bits per heavy atom. The molecule has 0 unspecified atom stereocenters. The SMILES string of the molecule is Cc1ccc([C@H](Nc2ccc(S(N)(=O)=O)c[nH+]2)c2cccs2)cc1. The van der Waals surface area contributed by atoms with Crippen molar-refractivity contribution in [2.75, 3.05) is 5.32 Å². The topological polar surface area (TPSA) is 86.3 Å². The normalized spacial score (nSPS) is 12.8. The van der Waals surface area contributed by atoms with Gasteiger partial charge < -0.3 is 0 Å². The molecular formula is C17H18N3O2S2+. The van der Waals surface area contributed by atoms with Crippen molar-refractivity contribution in [1.82, 2.24) is 0 Å². The minimum Gasteiger partial charge on any atom is -0.262 e. The molecule has 124 valence electrons. The number of primary sulfonamides is 1. The van der Waals surface area contributed by atoms with E-state index in [0.29, 0.717) is 5.82 Å². The van der Waals surface area contributed by atoms with Gasteiger partial charge in [-0.1, -0.05) is 35.9 Å². The van der Waals surface area contributed by atoms with Crippen molar-refractivity contribution in [3.05, 3.63) is 76.1 Å². The van der Waals surface area contributed by atoms with Crippen LogP contribution < -0.4 is 15.4 Å². The maximum Gasteiger partial charge on any atom is 0.273 e. The predicted molar refractivity (Wildman–Crippen MR) is 95.3 cm³/mol. The van der Waals surface area contributed by atoms with Gasteiger partial charge in [0, 0.05) is 11.6 Å². The van der Waals surface area contributed by atoms with Crippen LogP contribution in [-0.2, 0) is 10.0 Å². The van der Waals surface area contributed by atoms with Crippen LogP contribution in [0.4, 0.5) is 5.82 Å². The second kappa shape index (κ2) is 6.72. The monoisotopic (exact) mass is 360 g/mol. The van der Waals surface area contributed by atoms with Gasteiger partial charge in [-0.15, -0.1) is 11.3 Å². The number of aromatic amines is 1. The molecular weight excluding hydrogens is 342 g/mol. The molecule has 0 fully saturated rings. The number of anilines is 1. The number of hydrogen-bond donors (Lipinski definition) is 2. The van der Waals surface area contributed by atoms with Gasteiger partial charge in [-0.2, -0.15) is 0 Å². The molecule has 3 aromatic rings. The maximum atomic E-state index is 11.3. The highest BCUT2D eigenvalue weighted by Gasteiger charge is 2.21. The largest absolute Gasteiger partial charge is 0.273 e. The zero-order valence-corrected chi connectivity index (χ0v) is 14.7. The Labute approximate surface area is 145 Å². The Bertz CT molecular complexity index is 903. The first-order chi connectivity index (χ1) is 11.4. The van der Waals surface area contributed by atoms with Crippen molar-refractivity contribution in [2.45, 2.75) is 17.9 Å². The van der Waals surface area contributed by atoms with Gasteiger partial charge in [-0.3, -0.25) is 5.32 Å². The number of nitrogens with one attached hydrogen (secondary N) is 2. The van der Waals surface area contributed by atoms with E-state index in [2.05, 4.69) is 47.6 Å². The fourth-order valence-electron chi connectivity index (χ4n) is 2.37. The highest BCUT2D eigenvalue weighted by Crippen LogP contribution is 2.29. The van der Waals surface area contributed by atoms with Gasteiger partial charge in [0.25, 0.3) is 5.82 Å². The second-order valence-electron chi connectivity index (χ2n) is 5.49. The molecule has 24 heavy (non-hydrogen) atoms. The van der Waals surface area contributed by atoms with Crippen molar-refractivity contribution in [1.29, 1.82) is 0 Å². The zero-order chi connectivity index (χ0) is 17.2. The van der Waals surface area contributed by atoms with Gasteiger partial charge in [-0.25, -0.2) is 18.5 Å². The molecule has 1 aromatic carbocycles. The van der Waals surface area contributed by atoms with E-state index < -0.39 is 10.0 Å². The molecule has 0 aliphatic carbocycles. The van der Waals surface area contributed by atoms with E-state index in [1.54, 1.807) is 17.4 Å². The summed E-state index contributed by atoms with van der Waals surface area (Å²) < 4.78 is 22.7. The number of H-pyrrole nitrogens is 1. The Morgan fingerprint density at radius 1 is 1.12 bits per heavy atom. The van der Waals surface area contributed by atoms with Crippen molar-refractivity contribution in [3.63, 3.8) is 0 Å². The molecule has 0 saturated heterocycles. The van der Waals surface area contributed by atoms with Gasteiger partial charge in [0.05, 0.1) is 4.88 Å². The van der Waals surface area contributed by atoms with Crippen LogP contribution in [0.5, 0.6) is 0 Å². The van der Waals surface area contributed by atoms with E-state index in [1.165, 1.54) is 22.7 Å². The Kier molecular flexibility index (Phi) is 4.66. The summed E-state index contributed by atoms with van der Waals surface area (Å²) in [6.07, 6.45) is 1.39. The summed E-state index contributed by atoms with van der Waals surface area (Å²) in [5, 5.41) is 10.6. The fourth-order valence-corrected chi connectivity index (χ4v) is 3.65. The molecule has 0 saturated carbocycles. The number of rotatable bonds is 5. The summed E-state index contributed by atoms with van der Waals surface area (Å²) in [5.74, 6) is 0.710. The summed E-state index contributed by atoms with van der Waals surface area (Å²) in [6, 6.07) is 15.5. The third kappa shape index (κ3) is 3.81. The van der Waals surface area contributed by atoms with E-state index >= 15 is 0 Å². The van der Waals surface area contributed by atoms with Gasteiger partial charge >= 0.3 is 0 Å². The van der Waals surface area contributed by atoms with Crippen LogP contribution in [0.15, 0.2) is 65.0 Å². The van der Waals surface area contributed by atoms with Gasteiger partial charge in [-0.05, 0) is 24.4 Å². The minimum absolute atomic E-state index is 0.0258. The minimum atomic E-state index is -3.71. The molecule has 0 radical (unpaired) electrons. The van der Waals surface area contributed by atoms with E-state index in [1.807, 2.05) is 11.4 Å². The van der Waals surface area contributed by atoms with Crippen LogP contribution in [0.2, 0.25) is 0 Å². The lowest BCUT2D eigenvalue weighted by Crippen LogP contribution is -2.21. The first kappa shape index (κ1) is 16.6. The van der Waals surface area contributed by atoms with Gasteiger partial charge in [0.1, 0.15) is 11.1 Å². The molecule has 0 amide bonds. The third-order valence-electron chi connectivity index (χ3n) is 3.65. The fraction of sp³-hybridized carbons (Fsp3) is 0.118. The van der Waals surface area contributed by atoms with Gasteiger partial charge in [0.15, 0.2) is 6.04 Å². The van der Waals surface area contributed by atoms with Crippen LogP contribution in [0.25, 0.3) is 0 Å². The molecule has 0 spiro atoms. The first-order valence-corrected chi connectivity index (χ1v) is 9.77. The molecule has 5 nitrogen and oxygen atoms in total. The summed E-state index contributed by atoms with van der Waals surface area (Å²) in [7, 11) is -3.71. The van der Waals surface area contributed by atoms with Crippen LogP contribution in [-0.4, -0.2) is 8.42 Å². The summed E-state index contributed by atoms with van der Waals surface area (Å²) in [5.41, 5.74) is 2.33. The first-order valence-electron chi connectivity index (χ1n) is 7.34. The summed E-state index contributed by atoms with van der Waals surface area (Å²) in [6.45, 7) is 2.05. The lowest BCUT2D eigenvalue weighted by Gasteiger charge is -2.14. The van der Waals surface area contributed by atoms with E-state index in [4.69, 9.17) is 5.14 Å². The lowest BCUT2D eigenvalue weighted by molar-refractivity contribution is -0.364. The molecule has 2 aromatic heterocycles. The summed E-state index contributed by atoms with van der Waals surface area (Å²) in [4.78, 5) is 4.17. The lowest BCUT2D eigenvalue weighted by atomic mass is 10.0. The Morgan fingerprint density at radius 2 is 1.88 bits per heavy atom. The molecule has 1 atom stereocenters. The quantitative estimate of drug-likeness (QED) is 0.733. The smallest absolute Gasteiger partial charge is 0.262 e. The standard InChI is InChI=1S/C17H17N3O2S2/c1-12-4-6-13(7-5-12)17(15-3-2-10-23-15)20-16-9-8-14(11-19-16)24(18,21)22/h2-11,17H,1H3,(H,19,20)(H2,18,21,22)/p+1/t17-/m0/s1. The number of thiophene rings is 1. The molecule has 0 aliphatic rings. The number of aromatic nitrogens is 1. The highest BCUT2D eigenvalue weighted by molar-refractivity contribution is 7.89. The summed E-state index contributed by atoms with van der Waals surface area (Å²) >= 11 is 1.66. The number of pyridine rings is 1. The van der Waals surface area contributed by atoms with Crippen molar-refractivity contribution >= 4 is 27.2 Å². The van der Waals surface area contributed by atoms with E-state index in [-0.39, 0.29) is 10.9 Å². The number of hydrogen-bond acceptors (Lipinski definition) is 4. The van der Waals surface area contributed by atoms with Gasteiger partial charge in [0.2, 0.25) is 10.0 Å². The number of nitrogens with two attached hydrogens (primary N) is 1. The number of benzene rings is 1. The van der Waals surface area contributed by atoms with E-state index in [9.17, 15) is 8.42 Å². The second-order valence-corrected chi connectivity index (χ2v) is 8.03.